The summed E-state index contributed by atoms with van der Waals surface area (Å²) < 4.78 is 0. The van der Waals surface area contributed by atoms with Gasteiger partial charge in [-0.25, -0.2) is 0 Å². The largest absolute Gasteiger partial charge is 0.256 e. The molecule has 1 nitrogen and oxygen atoms in total. The predicted molar refractivity (Wildman–Crippen MR) is 163 cm³/mol. The summed E-state index contributed by atoms with van der Waals surface area (Å²) in [7, 11) is -1.40. The van der Waals surface area contributed by atoms with E-state index >= 15 is 0 Å². The monoisotopic (exact) mass is 495 g/mol. The van der Waals surface area contributed by atoms with E-state index in [4.69, 9.17) is 4.98 Å². The molecule has 0 spiro atoms. The minimum atomic E-state index is -1.40. The third kappa shape index (κ3) is 4.06. The van der Waals surface area contributed by atoms with Crippen LogP contribution in [-0.2, 0) is 5.41 Å². The molecule has 0 N–H and O–H groups in total. The van der Waals surface area contributed by atoms with Crippen molar-refractivity contribution in [2.75, 3.05) is 0 Å². The van der Waals surface area contributed by atoms with Gasteiger partial charge in [-0.3, -0.25) is 4.98 Å². The second-order valence-corrected chi connectivity index (χ2v) is 16.8. The van der Waals surface area contributed by atoms with Gasteiger partial charge in [0.1, 0.15) is 0 Å². The van der Waals surface area contributed by atoms with Crippen molar-refractivity contribution in [3.05, 3.63) is 120 Å². The second-order valence-electron chi connectivity index (χ2n) is 11.7. The zero-order chi connectivity index (χ0) is 25.8. The van der Waals surface area contributed by atoms with Crippen LogP contribution in [0.15, 0.2) is 103 Å². The first-order valence-corrected chi connectivity index (χ1v) is 16.6. The van der Waals surface area contributed by atoms with Crippen LogP contribution in [0.1, 0.15) is 30.5 Å². The average Bonchev–Trinajstić information content (AvgIpc) is 3.18. The summed E-state index contributed by atoms with van der Waals surface area (Å²) in [6.07, 6.45) is 4.37. The lowest BCUT2D eigenvalue weighted by atomic mass is 9.75. The third-order valence-corrected chi connectivity index (χ3v) is 9.88. The van der Waals surface area contributed by atoms with Crippen LogP contribution in [0.3, 0.4) is 0 Å². The highest BCUT2D eigenvalue weighted by Crippen LogP contribution is 2.51. The van der Waals surface area contributed by atoms with Crippen LogP contribution in [-0.4, -0.2) is 13.1 Å². The number of allylic oxidation sites excluding steroid dienone is 1. The number of fused-ring (bicyclic) bond motifs is 2. The molecule has 182 valence electrons. The SMILES string of the molecule is CC1(C)C(c2ccccc2)=Cc2cc(-c3nccc4cc([Si](C)(C)C)ccc34)cc(-c3ccccc3)c21. The highest BCUT2D eigenvalue weighted by Gasteiger charge is 2.36. The first kappa shape index (κ1) is 23.6. The van der Waals surface area contributed by atoms with E-state index < -0.39 is 8.07 Å². The molecule has 0 saturated carbocycles. The Hall–Kier alpha value is -3.75. The van der Waals surface area contributed by atoms with E-state index in [9.17, 15) is 0 Å². The fourth-order valence-corrected chi connectivity index (χ4v) is 7.04. The molecule has 0 amide bonds. The van der Waals surface area contributed by atoms with E-state index in [1.54, 1.807) is 0 Å². The summed E-state index contributed by atoms with van der Waals surface area (Å²) >= 11 is 0. The smallest absolute Gasteiger partial charge is 0.0780 e. The first-order valence-electron chi connectivity index (χ1n) is 13.1. The first-order chi connectivity index (χ1) is 17.7. The summed E-state index contributed by atoms with van der Waals surface area (Å²) in [4.78, 5) is 4.93. The topological polar surface area (TPSA) is 12.9 Å². The molecule has 0 radical (unpaired) electrons. The van der Waals surface area contributed by atoms with E-state index in [1.807, 2.05) is 6.20 Å². The van der Waals surface area contributed by atoms with Crippen molar-refractivity contribution < 1.29 is 0 Å². The Kier molecular flexibility index (Phi) is 5.54. The molecule has 0 aliphatic heterocycles. The minimum Gasteiger partial charge on any atom is -0.256 e. The van der Waals surface area contributed by atoms with Gasteiger partial charge in [0.25, 0.3) is 0 Å². The van der Waals surface area contributed by atoms with E-state index in [2.05, 4.69) is 137 Å². The molecule has 6 rings (SSSR count). The molecule has 0 atom stereocenters. The lowest BCUT2D eigenvalue weighted by molar-refractivity contribution is 0.706. The highest BCUT2D eigenvalue weighted by molar-refractivity contribution is 6.88. The molecule has 1 aliphatic carbocycles. The average molecular weight is 496 g/mol. The van der Waals surface area contributed by atoms with Crippen molar-refractivity contribution in [1.82, 2.24) is 4.98 Å². The van der Waals surface area contributed by atoms with Crippen LogP contribution in [0, 0.1) is 0 Å². The number of nitrogens with zero attached hydrogens (tertiary/aromatic N) is 1. The van der Waals surface area contributed by atoms with E-state index in [0.717, 1.165) is 5.69 Å². The summed E-state index contributed by atoms with van der Waals surface area (Å²) in [5.74, 6) is 0. The molecule has 1 aromatic heterocycles. The standard InChI is InChI=1S/C35H33NSi/c1-35(2)32(25-14-10-7-11-15-25)23-27-20-28(22-31(33(27)35)24-12-8-6-9-13-24)34-30-17-16-29(37(3,4)5)21-26(30)18-19-36-34/h6-23H,1-5H3. The fraction of sp³-hybridized carbons (Fsp3) is 0.171. The molecule has 4 aromatic carbocycles. The minimum absolute atomic E-state index is 0.112. The van der Waals surface area contributed by atoms with E-state index in [1.165, 1.54) is 54.9 Å². The quantitative estimate of drug-likeness (QED) is 0.227. The lowest BCUT2D eigenvalue weighted by Crippen LogP contribution is -2.37. The van der Waals surface area contributed by atoms with Gasteiger partial charge in [-0.1, -0.05) is 118 Å². The maximum atomic E-state index is 4.93. The normalized spacial score (nSPS) is 14.5. The van der Waals surface area contributed by atoms with Crippen LogP contribution >= 0.6 is 0 Å². The molecule has 0 fully saturated rings. The van der Waals surface area contributed by atoms with Crippen LogP contribution in [0.25, 0.3) is 44.8 Å². The molecule has 0 unspecified atom stereocenters. The Morgan fingerprint density at radius 1 is 0.676 bits per heavy atom. The van der Waals surface area contributed by atoms with Gasteiger partial charge in [0.15, 0.2) is 0 Å². The number of pyridine rings is 1. The number of benzene rings is 4. The Bertz CT molecular complexity index is 1660. The van der Waals surface area contributed by atoms with Crippen molar-refractivity contribution in [1.29, 1.82) is 0 Å². The fourth-order valence-electron chi connectivity index (χ4n) is 5.86. The Labute approximate surface area is 221 Å². The zero-order valence-electron chi connectivity index (χ0n) is 22.3. The summed E-state index contributed by atoms with van der Waals surface area (Å²) in [5.41, 5.74) is 9.98. The van der Waals surface area contributed by atoms with Gasteiger partial charge < -0.3 is 0 Å². The Morgan fingerprint density at radius 2 is 1.35 bits per heavy atom. The number of rotatable bonds is 4. The number of hydrogen-bond acceptors (Lipinski definition) is 1. The van der Waals surface area contributed by atoms with Crippen molar-refractivity contribution >= 4 is 35.7 Å². The third-order valence-electron chi connectivity index (χ3n) is 7.84. The highest BCUT2D eigenvalue weighted by atomic mass is 28.3. The molecule has 5 aromatic rings. The molecule has 37 heavy (non-hydrogen) atoms. The summed E-state index contributed by atoms with van der Waals surface area (Å²) in [5, 5.41) is 3.97. The summed E-state index contributed by atoms with van der Waals surface area (Å²) in [6, 6.07) is 35.5. The predicted octanol–water partition coefficient (Wildman–Crippen LogP) is 8.95. The van der Waals surface area contributed by atoms with E-state index in [-0.39, 0.29) is 5.41 Å². The van der Waals surface area contributed by atoms with Gasteiger partial charge in [0.05, 0.1) is 13.8 Å². The zero-order valence-corrected chi connectivity index (χ0v) is 23.3. The van der Waals surface area contributed by atoms with Crippen molar-refractivity contribution in [2.45, 2.75) is 38.9 Å². The maximum Gasteiger partial charge on any atom is 0.0780 e. The molecule has 2 heteroatoms. The van der Waals surface area contributed by atoms with Gasteiger partial charge in [-0.05, 0) is 63.1 Å². The summed E-state index contributed by atoms with van der Waals surface area (Å²) in [6.45, 7) is 11.9. The Balaban J connectivity index is 1.60. The van der Waals surface area contributed by atoms with Crippen LogP contribution < -0.4 is 5.19 Å². The van der Waals surface area contributed by atoms with Gasteiger partial charge >= 0.3 is 0 Å². The van der Waals surface area contributed by atoms with E-state index in [0.29, 0.717) is 0 Å². The van der Waals surface area contributed by atoms with Crippen LogP contribution in [0.2, 0.25) is 19.6 Å². The number of aromatic nitrogens is 1. The van der Waals surface area contributed by atoms with Crippen molar-refractivity contribution in [3.63, 3.8) is 0 Å². The van der Waals surface area contributed by atoms with Crippen molar-refractivity contribution in [3.8, 4) is 22.4 Å². The van der Waals surface area contributed by atoms with Crippen molar-refractivity contribution in [2.24, 2.45) is 0 Å². The van der Waals surface area contributed by atoms with Gasteiger partial charge in [0.2, 0.25) is 0 Å². The van der Waals surface area contributed by atoms with Crippen LogP contribution in [0.5, 0.6) is 0 Å². The molecular formula is C35H33NSi. The van der Waals surface area contributed by atoms with Gasteiger partial charge in [0, 0.05) is 22.6 Å². The van der Waals surface area contributed by atoms with Gasteiger partial charge in [-0.15, -0.1) is 0 Å². The Morgan fingerprint density at radius 3 is 2.03 bits per heavy atom. The molecule has 1 aliphatic rings. The molecule has 1 heterocycles. The molecular weight excluding hydrogens is 462 g/mol. The molecule has 0 bridgehead atoms. The lowest BCUT2D eigenvalue weighted by Gasteiger charge is -2.28. The van der Waals surface area contributed by atoms with Gasteiger partial charge in [-0.2, -0.15) is 0 Å². The number of hydrogen-bond donors (Lipinski definition) is 0. The van der Waals surface area contributed by atoms with Crippen LogP contribution in [0.4, 0.5) is 0 Å². The molecule has 0 saturated heterocycles. The maximum absolute atomic E-state index is 4.93. The second kappa shape index (κ2) is 8.67.